The zero-order chi connectivity index (χ0) is 30.5. The average Bonchev–Trinajstić information content (AvgIpc) is 3.52. The van der Waals surface area contributed by atoms with Crippen LogP contribution in [0, 0.1) is 12.3 Å². The summed E-state index contributed by atoms with van der Waals surface area (Å²) < 4.78 is 75.7. The molecule has 15 heteroatoms. The Morgan fingerprint density at radius 3 is 2.39 bits per heavy atom. The third kappa shape index (κ3) is 6.09. The van der Waals surface area contributed by atoms with Gasteiger partial charge in [-0.1, -0.05) is 11.6 Å². The molecular weight excluding hydrogens is 563 g/mol. The van der Waals surface area contributed by atoms with Crippen LogP contribution < -0.4 is 14.4 Å². The predicted molar refractivity (Wildman–Crippen MR) is 144 cm³/mol. The Morgan fingerprint density at radius 1 is 1.15 bits per heavy atom. The van der Waals surface area contributed by atoms with Crippen LogP contribution in [0.15, 0.2) is 47.1 Å². The second kappa shape index (κ2) is 10.2. The number of pyridine rings is 1. The monoisotopic (exact) mass is 595 g/mol. The van der Waals surface area contributed by atoms with Gasteiger partial charge in [0.25, 0.3) is 15.9 Å². The van der Waals surface area contributed by atoms with Crippen LogP contribution in [0.25, 0.3) is 5.82 Å². The van der Waals surface area contributed by atoms with Gasteiger partial charge in [-0.15, -0.1) is 5.10 Å². The number of ether oxygens (including phenoxy) is 1. The average molecular weight is 596 g/mol. The second-order valence-corrected chi connectivity index (χ2v) is 12.9. The van der Waals surface area contributed by atoms with E-state index in [0.717, 1.165) is 19.4 Å². The molecule has 0 spiro atoms. The number of nitrogens with zero attached hydrogens (tertiary/aromatic N) is 6. The van der Waals surface area contributed by atoms with Crippen LogP contribution in [-0.4, -0.2) is 63.7 Å². The molecule has 0 saturated carbocycles. The summed E-state index contributed by atoms with van der Waals surface area (Å²) in [6.45, 7) is 9.17. The number of aryl methyl sites for hydroxylation is 2. The van der Waals surface area contributed by atoms with Crippen molar-refractivity contribution in [1.29, 1.82) is 0 Å². The topological polar surface area (TPSA) is 124 Å². The Kier molecular flexibility index (Phi) is 7.48. The van der Waals surface area contributed by atoms with Crippen LogP contribution in [0.2, 0.25) is 0 Å². The van der Waals surface area contributed by atoms with E-state index in [9.17, 15) is 26.4 Å². The summed E-state index contributed by atoms with van der Waals surface area (Å²) in [5.41, 5.74) is -1.39. The number of sulfonamides is 1. The molecule has 0 fully saturated rings. The van der Waals surface area contributed by atoms with Crippen molar-refractivity contribution < 1.29 is 31.1 Å². The first-order chi connectivity index (χ1) is 18.8. The second-order valence-electron chi connectivity index (χ2n) is 11.2. The van der Waals surface area contributed by atoms with E-state index in [1.165, 1.54) is 46.9 Å². The third-order valence-electron chi connectivity index (χ3n) is 6.70. The summed E-state index contributed by atoms with van der Waals surface area (Å²) in [5, 5.41) is 8.23. The van der Waals surface area contributed by atoms with Crippen molar-refractivity contribution in [2.45, 2.75) is 58.2 Å². The number of rotatable bonds is 8. The maximum atomic E-state index is 13.4. The fraction of sp³-hybridized carbons (Fsp3) is 0.462. The molecule has 0 aliphatic carbocycles. The molecule has 0 atom stereocenters. The zero-order valence-corrected chi connectivity index (χ0v) is 24.6. The van der Waals surface area contributed by atoms with Gasteiger partial charge in [-0.3, -0.25) is 9.48 Å². The Balaban J connectivity index is 1.68. The van der Waals surface area contributed by atoms with E-state index >= 15 is 0 Å². The van der Waals surface area contributed by atoms with E-state index in [2.05, 4.69) is 19.9 Å². The normalized spacial score (nSPS) is 15.7. The highest BCUT2D eigenvalue weighted by atomic mass is 32.2. The quantitative estimate of drug-likeness (QED) is 0.389. The molecule has 0 bridgehead atoms. The van der Waals surface area contributed by atoms with Crippen LogP contribution in [0.5, 0.6) is 5.88 Å². The largest absolute Gasteiger partial charge is 0.476 e. The Hall–Kier alpha value is -3.88. The van der Waals surface area contributed by atoms with E-state index in [1.54, 1.807) is 7.05 Å². The molecule has 222 valence electrons. The van der Waals surface area contributed by atoms with Gasteiger partial charge in [0.2, 0.25) is 5.88 Å². The molecular formula is C26H32F3N7O4S. The molecule has 1 amide bonds. The molecule has 3 aromatic heterocycles. The number of nitrogens with one attached hydrogen (secondary N) is 1. The number of halogens is 3. The van der Waals surface area contributed by atoms with E-state index < -0.39 is 39.7 Å². The lowest BCUT2D eigenvalue weighted by atomic mass is 9.94. The number of anilines is 1. The molecule has 0 unspecified atom stereocenters. The molecule has 1 aliphatic rings. The molecule has 0 aromatic carbocycles. The Morgan fingerprint density at radius 2 is 1.83 bits per heavy atom. The van der Waals surface area contributed by atoms with E-state index in [-0.39, 0.29) is 33.7 Å². The maximum Gasteiger partial charge on any atom is 0.397 e. The molecule has 0 radical (unpaired) electrons. The summed E-state index contributed by atoms with van der Waals surface area (Å²) >= 11 is 0. The lowest BCUT2D eigenvalue weighted by molar-refractivity contribution is -0.219. The van der Waals surface area contributed by atoms with Gasteiger partial charge in [0.15, 0.2) is 5.82 Å². The molecule has 4 heterocycles. The van der Waals surface area contributed by atoms with E-state index in [1.807, 2.05) is 31.7 Å². The lowest BCUT2D eigenvalue weighted by Gasteiger charge is -2.33. The standard InChI is InChI=1S/C26H32F3N7O4S/c1-16-12-25(5,6)35(13-16)22-18(23(37)33-41(38,39)19-14-34(7)31-17(19)2)8-9-20(30-22)36-11-10-21(32-36)40-15-24(3,4)26(27,28)29/h8-12,14H,13,15H2,1-7H3,(H,33,37). The van der Waals surface area contributed by atoms with Crippen molar-refractivity contribution >= 4 is 21.7 Å². The Labute approximate surface area is 236 Å². The van der Waals surface area contributed by atoms with Crippen molar-refractivity contribution in [1.82, 2.24) is 29.3 Å². The summed E-state index contributed by atoms with van der Waals surface area (Å²) in [6, 6.07) is 4.29. The highest BCUT2D eigenvalue weighted by Gasteiger charge is 2.48. The van der Waals surface area contributed by atoms with Crippen molar-refractivity contribution in [3.8, 4) is 11.7 Å². The van der Waals surface area contributed by atoms with Gasteiger partial charge < -0.3 is 9.64 Å². The number of hydrogen-bond acceptors (Lipinski definition) is 8. The van der Waals surface area contributed by atoms with Crippen LogP contribution in [-0.2, 0) is 17.1 Å². The predicted octanol–water partition coefficient (Wildman–Crippen LogP) is 3.94. The number of amides is 1. The summed E-state index contributed by atoms with van der Waals surface area (Å²) in [7, 11) is -2.67. The molecule has 11 nitrogen and oxygen atoms in total. The van der Waals surface area contributed by atoms with Crippen LogP contribution >= 0.6 is 0 Å². The van der Waals surface area contributed by atoms with Crippen molar-refractivity contribution in [3.05, 3.63) is 53.5 Å². The molecule has 3 aromatic rings. The maximum absolute atomic E-state index is 13.4. The smallest absolute Gasteiger partial charge is 0.397 e. The van der Waals surface area contributed by atoms with E-state index in [4.69, 9.17) is 4.74 Å². The van der Waals surface area contributed by atoms with Gasteiger partial charge >= 0.3 is 6.18 Å². The minimum absolute atomic E-state index is 0.00518. The number of carbonyl (C=O) groups is 1. The molecule has 1 aliphatic heterocycles. The number of alkyl halides is 3. The summed E-state index contributed by atoms with van der Waals surface area (Å²) in [4.78, 5) is 19.8. The fourth-order valence-corrected chi connectivity index (χ4v) is 5.58. The minimum Gasteiger partial charge on any atom is -0.476 e. The highest BCUT2D eigenvalue weighted by molar-refractivity contribution is 7.90. The molecule has 1 N–H and O–H groups in total. The van der Waals surface area contributed by atoms with E-state index in [0.29, 0.717) is 6.54 Å². The lowest BCUT2D eigenvalue weighted by Crippen LogP contribution is -2.41. The van der Waals surface area contributed by atoms with Gasteiger partial charge in [0, 0.05) is 32.1 Å². The van der Waals surface area contributed by atoms with Crippen molar-refractivity contribution in [2.24, 2.45) is 12.5 Å². The van der Waals surface area contributed by atoms with Crippen LogP contribution in [0.1, 0.15) is 50.7 Å². The minimum atomic E-state index is -4.46. The molecule has 0 saturated heterocycles. The molecule has 41 heavy (non-hydrogen) atoms. The third-order valence-corrected chi connectivity index (χ3v) is 8.13. The van der Waals surface area contributed by atoms with Gasteiger partial charge in [0.1, 0.15) is 17.3 Å². The summed E-state index contributed by atoms with van der Waals surface area (Å²) in [6.07, 6.45) is 0.328. The van der Waals surface area contributed by atoms with Crippen molar-refractivity contribution in [3.63, 3.8) is 0 Å². The first-order valence-electron chi connectivity index (χ1n) is 12.6. The number of carbonyl (C=O) groups excluding carboxylic acids is 1. The van der Waals surface area contributed by atoms with Gasteiger partial charge in [-0.25, -0.2) is 22.8 Å². The van der Waals surface area contributed by atoms with Crippen molar-refractivity contribution in [2.75, 3.05) is 18.1 Å². The number of aromatic nitrogens is 5. The first-order valence-corrected chi connectivity index (χ1v) is 14.1. The van der Waals surface area contributed by atoms with Gasteiger partial charge in [0.05, 0.1) is 22.2 Å². The Bertz CT molecular complexity index is 1620. The SMILES string of the molecule is CC1=CC(C)(C)N(c2nc(-n3ccc(OCC(C)(C)C(F)(F)F)n3)ccc2C(=O)NS(=O)(=O)c2cn(C)nc2C)C1. The number of hydrogen-bond donors (Lipinski definition) is 1. The molecule has 4 rings (SSSR count). The van der Waals surface area contributed by atoms with Gasteiger partial charge in [-0.2, -0.15) is 18.3 Å². The first kappa shape index (κ1) is 30.1. The fourth-order valence-electron chi connectivity index (χ4n) is 4.40. The van der Waals surface area contributed by atoms with Gasteiger partial charge in [-0.05, 0) is 53.7 Å². The zero-order valence-electron chi connectivity index (χ0n) is 23.7. The highest BCUT2D eigenvalue weighted by Crippen LogP contribution is 2.38. The summed E-state index contributed by atoms with van der Waals surface area (Å²) in [5.74, 6) is -0.480. The van der Waals surface area contributed by atoms with Crippen LogP contribution in [0.4, 0.5) is 19.0 Å². The van der Waals surface area contributed by atoms with Crippen LogP contribution in [0.3, 0.4) is 0 Å².